The van der Waals surface area contributed by atoms with Crippen molar-refractivity contribution in [1.29, 1.82) is 0 Å². The Morgan fingerprint density at radius 3 is 3.21 bits per heavy atom. The minimum atomic E-state index is -0.350. The van der Waals surface area contributed by atoms with Crippen molar-refractivity contribution in [3.8, 4) is 5.06 Å². The summed E-state index contributed by atoms with van der Waals surface area (Å²) in [5.41, 5.74) is 0.529. The number of ether oxygens (including phenoxy) is 1. The smallest absolute Gasteiger partial charge is 0.343 e. The number of hydrogen-bond donors (Lipinski definition) is 1. The summed E-state index contributed by atoms with van der Waals surface area (Å²) in [4.78, 5) is 15.4. The molecule has 2 heterocycles. The molecule has 1 aromatic rings. The zero-order valence-corrected chi connectivity index (χ0v) is 8.08. The number of esters is 1. The zero-order valence-electron chi connectivity index (χ0n) is 7.27. The van der Waals surface area contributed by atoms with Crippen molar-refractivity contribution in [2.24, 2.45) is 4.99 Å². The molecule has 14 heavy (non-hydrogen) atoms. The van der Waals surface area contributed by atoms with Gasteiger partial charge in [-0.05, 0) is 17.5 Å². The molecule has 1 aliphatic heterocycles. The molecule has 1 aliphatic rings. The molecule has 4 nitrogen and oxygen atoms in total. The van der Waals surface area contributed by atoms with E-state index < -0.39 is 0 Å². The summed E-state index contributed by atoms with van der Waals surface area (Å²) in [5.74, 6) is -0.350. The molecule has 0 saturated carbocycles. The first-order valence-corrected chi connectivity index (χ1v) is 4.93. The average Bonchev–Trinajstić information content (AvgIpc) is 2.72. The van der Waals surface area contributed by atoms with E-state index in [0.717, 1.165) is 0 Å². The molecule has 0 aliphatic carbocycles. The predicted octanol–water partition coefficient (Wildman–Crippen LogP) is 1.17. The molecule has 0 unspecified atom stereocenters. The molecular formula is C9H8N2O2S. The number of aliphatic imine (C=N–C) groups is 1. The van der Waals surface area contributed by atoms with Crippen molar-refractivity contribution in [3.05, 3.63) is 29.3 Å². The van der Waals surface area contributed by atoms with E-state index >= 15 is 0 Å². The molecule has 2 rings (SSSR count). The van der Waals surface area contributed by atoms with Crippen LogP contribution in [0.5, 0.6) is 5.06 Å². The van der Waals surface area contributed by atoms with E-state index in [1.54, 1.807) is 18.6 Å². The summed E-state index contributed by atoms with van der Waals surface area (Å²) in [6, 6.07) is 3.58. The average molecular weight is 208 g/mol. The van der Waals surface area contributed by atoms with Gasteiger partial charge in [-0.1, -0.05) is 0 Å². The van der Waals surface area contributed by atoms with Crippen LogP contribution < -0.4 is 10.1 Å². The van der Waals surface area contributed by atoms with E-state index in [-0.39, 0.29) is 5.97 Å². The minimum Gasteiger partial charge on any atom is -0.412 e. The van der Waals surface area contributed by atoms with Crippen LogP contribution in [0.4, 0.5) is 0 Å². The fraction of sp³-hybridized carbons (Fsp3) is 0.111. The lowest BCUT2D eigenvalue weighted by molar-refractivity contribution is -0.129. The van der Waals surface area contributed by atoms with Crippen LogP contribution in [0.2, 0.25) is 0 Å². The Bertz CT molecular complexity index is 382. The Labute approximate surface area is 84.9 Å². The molecule has 1 aromatic heterocycles. The number of thiophene rings is 1. The highest BCUT2D eigenvalue weighted by Crippen LogP contribution is 2.19. The van der Waals surface area contributed by atoms with Crippen LogP contribution in [0.1, 0.15) is 0 Å². The van der Waals surface area contributed by atoms with Crippen LogP contribution in [0.25, 0.3) is 0 Å². The fourth-order valence-corrected chi connectivity index (χ4v) is 1.55. The number of carbonyl (C=O) groups excluding carboxylic acids is 1. The number of nitrogens with zero attached hydrogens (tertiary/aromatic N) is 1. The van der Waals surface area contributed by atoms with E-state index in [0.29, 0.717) is 17.2 Å². The van der Waals surface area contributed by atoms with Gasteiger partial charge in [-0.3, -0.25) is 4.99 Å². The molecule has 0 aromatic carbocycles. The summed E-state index contributed by atoms with van der Waals surface area (Å²) in [5, 5.41) is 5.20. The van der Waals surface area contributed by atoms with Crippen LogP contribution >= 0.6 is 11.3 Å². The summed E-state index contributed by atoms with van der Waals surface area (Å²) in [6.45, 7) is 0.372. The predicted molar refractivity (Wildman–Crippen MR) is 54.5 cm³/mol. The maximum absolute atomic E-state index is 11.5. The second kappa shape index (κ2) is 4.06. The third kappa shape index (κ3) is 2.00. The van der Waals surface area contributed by atoms with Gasteiger partial charge in [0.25, 0.3) is 0 Å². The van der Waals surface area contributed by atoms with Gasteiger partial charge in [0.1, 0.15) is 0 Å². The largest absolute Gasteiger partial charge is 0.412 e. The van der Waals surface area contributed by atoms with E-state index in [1.807, 2.05) is 11.4 Å². The molecule has 1 N–H and O–H groups in total. The maximum Gasteiger partial charge on any atom is 0.343 e. The second-order valence-corrected chi connectivity index (χ2v) is 3.54. The van der Waals surface area contributed by atoms with Crippen LogP contribution in [0, 0.1) is 0 Å². The highest BCUT2D eigenvalue weighted by molar-refractivity contribution is 7.11. The van der Waals surface area contributed by atoms with E-state index in [4.69, 9.17) is 4.74 Å². The Morgan fingerprint density at radius 2 is 2.57 bits per heavy atom. The Hall–Kier alpha value is -1.62. The molecule has 5 heteroatoms. The van der Waals surface area contributed by atoms with Crippen LogP contribution in [0.15, 0.2) is 34.3 Å². The van der Waals surface area contributed by atoms with Crippen molar-refractivity contribution in [1.82, 2.24) is 5.32 Å². The summed E-state index contributed by atoms with van der Waals surface area (Å²) >= 11 is 1.39. The van der Waals surface area contributed by atoms with Gasteiger partial charge in [-0.2, -0.15) is 0 Å². The normalized spacial score (nSPS) is 14.4. The topological polar surface area (TPSA) is 50.7 Å². The summed E-state index contributed by atoms with van der Waals surface area (Å²) < 4.78 is 5.09. The van der Waals surface area contributed by atoms with Gasteiger partial charge in [0.05, 0.1) is 18.5 Å². The Morgan fingerprint density at radius 1 is 1.64 bits per heavy atom. The lowest BCUT2D eigenvalue weighted by Crippen LogP contribution is -2.19. The highest BCUT2D eigenvalue weighted by Gasteiger charge is 2.13. The zero-order chi connectivity index (χ0) is 9.80. The maximum atomic E-state index is 11.5. The molecular weight excluding hydrogens is 200 g/mol. The third-order valence-corrected chi connectivity index (χ3v) is 2.38. The van der Waals surface area contributed by atoms with Crippen molar-refractivity contribution in [2.75, 3.05) is 6.54 Å². The van der Waals surface area contributed by atoms with Crippen LogP contribution in [0.3, 0.4) is 0 Å². The lowest BCUT2D eigenvalue weighted by Gasteiger charge is -2.07. The van der Waals surface area contributed by atoms with Crippen molar-refractivity contribution in [3.63, 3.8) is 0 Å². The molecule has 0 atom stereocenters. The van der Waals surface area contributed by atoms with E-state index in [2.05, 4.69) is 10.3 Å². The van der Waals surface area contributed by atoms with Gasteiger partial charge in [-0.15, -0.1) is 11.3 Å². The van der Waals surface area contributed by atoms with Crippen molar-refractivity contribution < 1.29 is 9.53 Å². The number of rotatable bonds is 2. The van der Waals surface area contributed by atoms with E-state index in [9.17, 15) is 4.79 Å². The van der Waals surface area contributed by atoms with Gasteiger partial charge in [0.15, 0.2) is 5.06 Å². The van der Waals surface area contributed by atoms with E-state index in [1.165, 1.54) is 11.3 Å². The SMILES string of the molecule is O=C(Oc1cccs1)C1=CNC=NC1. The first kappa shape index (κ1) is 8.96. The summed E-state index contributed by atoms with van der Waals surface area (Å²) in [7, 11) is 0. The molecule has 0 amide bonds. The number of carbonyl (C=O) groups is 1. The molecule has 0 radical (unpaired) electrons. The first-order chi connectivity index (χ1) is 6.86. The number of nitrogens with one attached hydrogen (secondary N) is 1. The molecule has 72 valence electrons. The fourth-order valence-electron chi connectivity index (χ4n) is 0.982. The van der Waals surface area contributed by atoms with Crippen LogP contribution in [-0.2, 0) is 4.79 Å². The molecule has 0 fully saturated rings. The van der Waals surface area contributed by atoms with Gasteiger partial charge < -0.3 is 10.1 Å². The molecule has 0 bridgehead atoms. The number of hydrogen-bond acceptors (Lipinski definition) is 5. The lowest BCUT2D eigenvalue weighted by atomic mass is 10.3. The minimum absolute atomic E-state index is 0.350. The highest BCUT2D eigenvalue weighted by atomic mass is 32.1. The molecule has 0 spiro atoms. The monoisotopic (exact) mass is 208 g/mol. The third-order valence-electron chi connectivity index (χ3n) is 1.64. The van der Waals surface area contributed by atoms with Gasteiger partial charge in [0, 0.05) is 6.20 Å². The summed E-state index contributed by atoms with van der Waals surface area (Å²) in [6.07, 6.45) is 3.14. The standard InChI is InChI=1S/C9H8N2O2S/c12-9(7-4-10-6-11-5-7)13-8-2-1-3-14-8/h1-4,6H,5H2,(H,10,11). The van der Waals surface area contributed by atoms with Gasteiger partial charge >= 0.3 is 5.97 Å². The van der Waals surface area contributed by atoms with Gasteiger partial charge in [-0.25, -0.2) is 4.79 Å². The van der Waals surface area contributed by atoms with Crippen molar-refractivity contribution >= 4 is 23.6 Å². The second-order valence-electron chi connectivity index (χ2n) is 2.63. The molecule has 0 saturated heterocycles. The quantitative estimate of drug-likeness (QED) is 0.742. The Balaban J connectivity index is 1.99. The first-order valence-electron chi connectivity index (χ1n) is 4.05. The van der Waals surface area contributed by atoms with Crippen LogP contribution in [-0.4, -0.2) is 18.9 Å². The van der Waals surface area contributed by atoms with Crippen molar-refractivity contribution in [2.45, 2.75) is 0 Å². The van der Waals surface area contributed by atoms with Gasteiger partial charge in [0.2, 0.25) is 0 Å². The Kier molecular flexibility index (Phi) is 2.60.